The van der Waals surface area contributed by atoms with Crippen LogP contribution in [-0.4, -0.2) is 40.5 Å². The maximum atomic E-state index is 11.0. The normalized spacial score (nSPS) is 18.7. The average Bonchev–Trinajstić information content (AvgIpc) is 3.06. The number of nitrogens with one attached hydrogen (secondary N) is 1. The predicted molar refractivity (Wildman–Crippen MR) is 87.8 cm³/mol. The lowest BCUT2D eigenvalue weighted by Gasteiger charge is -2.32. The van der Waals surface area contributed by atoms with Gasteiger partial charge in [-0.3, -0.25) is 9.69 Å². The van der Waals surface area contributed by atoms with Crippen molar-refractivity contribution < 1.29 is 9.53 Å². The first kappa shape index (κ1) is 16.0. The number of hydrogen-bond donors (Lipinski definition) is 1. The molecule has 122 valence electrons. The van der Waals surface area contributed by atoms with E-state index in [4.69, 9.17) is 4.74 Å². The van der Waals surface area contributed by atoms with Gasteiger partial charge in [0, 0.05) is 32.8 Å². The van der Waals surface area contributed by atoms with Gasteiger partial charge in [0.2, 0.25) is 5.91 Å². The van der Waals surface area contributed by atoms with E-state index in [1.165, 1.54) is 12.5 Å². The Balaban J connectivity index is 1.63. The Labute approximate surface area is 139 Å². The van der Waals surface area contributed by atoms with Gasteiger partial charge in [0.05, 0.1) is 18.8 Å². The van der Waals surface area contributed by atoms with Crippen molar-refractivity contribution in [1.29, 1.82) is 0 Å². The zero-order chi connectivity index (χ0) is 16.1. The van der Waals surface area contributed by atoms with E-state index in [-0.39, 0.29) is 12.0 Å². The molecule has 7 heteroatoms. The van der Waals surface area contributed by atoms with Gasteiger partial charge in [0.1, 0.15) is 6.10 Å². The van der Waals surface area contributed by atoms with Crippen molar-refractivity contribution in [2.45, 2.75) is 26.1 Å². The molecule has 0 aromatic carbocycles. The molecule has 1 fully saturated rings. The highest BCUT2D eigenvalue weighted by atomic mass is 32.1. The highest BCUT2D eigenvalue weighted by molar-refractivity contribution is 7.07. The number of carbonyl (C=O) groups excluding carboxylic acids is 1. The second kappa shape index (κ2) is 7.63. The van der Waals surface area contributed by atoms with E-state index < -0.39 is 0 Å². The molecule has 1 amide bonds. The molecule has 2 aromatic heterocycles. The molecular weight excluding hydrogens is 312 g/mol. The number of amides is 1. The van der Waals surface area contributed by atoms with Crippen molar-refractivity contribution >= 4 is 17.2 Å². The third kappa shape index (κ3) is 4.57. The van der Waals surface area contributed by atoms with Crippen LogP contribution in [0.25, 0.3) is 0 Å². The van der Waals surface area contributed by atoms with Gasteiger partial charge in [-0.1, -0.05) is 0 Å². The molecule has 0 saturated carbocycles. The van der Waals surface area contributed by atoms with E-state index in [0.717, 1.165) is 25.3 Å². The smallest absolute Gasteiger partial charge is 0.217 e. The summed E-state index contributed by atoms with van der Waals surface area (Å²) in [6, 6.07) is 3.96. The first-order valence-corrected chi connectivity index (χ1v) is 8.56. The summed E-state index contributed by atoms with van der Waals surface area (Å²) in [6.45, 7) is 5.20. The maximum absolute atomic E-state index is 11.0. The van der Waals surface area contributed by atoms with Gasteiger partial charge in [0.15, 0.2) is 5.82 Å². The van der Waals surface area contributed by atoms with E-state index in [0.29, 0.717) is 19.0 Å². The van der Waals surface area contributed by atoms with E-state index in [9.17, 15) is 4.79 Å². The number of morpholine rings is 1. The summed E-state index contributed by atoms with van der Waals surface area (Å²) in [7, 11) is 0. The van der Waals surface area contributed by atoms with E-state index >= 15 is 0 Å². The molecule has 1 N–H and O–H groups in total. The van der Waals surface area contributed by atoms with Crippen LogP contribution < -0.4 is 5.32 Å². The number of aromatic nitrogens is 2. The molecule has 23 heavy (non-hydrogen) atoms. The fourth-order valence-electron chi connectivity index (χ4n) is 2.52. The summed E-state index contributed by atoms with van der Waals surface area (Å²) in [5, 5.41) is 7.03. The van der Waals surface area contributed by atoms with Crippen molar-refractivity contribution in [3.05, 3.63) is 46.2 Å². The second-order valence-electron chi connectivity index (χ2n) is 5.54. The van der Waals surface area contributed by atoms with Crippen LogP contribution in [0.2, 0.25) is 0 Å². The largest absolute Gasteiger partial charge is 0.368 e. The molecule has 0 spiro atoms. The zero-order valence-electron chi connectivity index (χ0n) is 13.1. The lowest BCUT2D eigenvalue weighted by Crippen LogP contribution is -2.38. The van der Waals surface area contributed by atoms with Crippen LogP contribution in [0.15, 0.2) is 29.1 Å². The van der Waals surface area contributed by atoms with Crippen LogP contribution in [0.1, 0.15) is 30.1 Å². The van der Waals surface area contributed by atoms with Crippen molar-refractivity contribution in [2.24, 2.45) is 0 Å². The minimum atomic E-state index is -0.125. The monoisotopic (exact) mass is 332 g/mol. The molecule has 6 nitrogen and oxygen atoms in total. The van der Waals surface area contributed by atoms with Crippen LogP contribution in [0, 0.1) is 0 Å². The molecule has 3 heterocycles. The molecule has 0 aliphatic carbocycles. The summed E-state index contributed by atoms with van der Waals surface area (Å²) < 4.78 is 5.84. The Hall–Kier alpha value is -1.83. The van der Waals surface area contributed by atoms with E-state index in [1.807, 2.05) is 6.07 Å². The fourth-order valence-corrected chi connectivity index (χ4v) is 3.18. The van der Waals surface area contributed by atoms with Crippen LogP contribution >= 0.6 is 11.3 Å². The summed E-state index contributed by atoms with van der Waals surface area (Å²) in [6.07, 6.45) is 1.60. The summed E-state index contributed by atoms with van der Waals surface area (Å²) in [5.41, 5.74) is 2.12. The highest BCUT2D eigenvalue weighted by Crippen LogP contribution is 2.21. The minimum absolute atomic E-state index is 0.0685. The van der Waals surface area contributed by atoms with Crippen molar-refractivity contribution in [2.75, 3.05) is 19.7 Å². The summed E-state index contributed by atoms with van der Waals surface area (Å²) >= 11 is 1.72. The molecule has 3 rings (SSSR count). The van der Waals surface area contributed by atoms with Gasteiger partial charge in [0.25, 0.3) is 0 Å². The van der Waals surface area contributed by atoms with E-state index in [2.05, 4.69) is 37.0 Å². The molecule has 1 atom stereocenters. The Kier molecular flexibility index (Phi) is 5.32. The van der Waals surface area contributed by atoms with Crippen molar-refractivity contribution in [1.82, 2.24) is 20.2 Å². The van der Waals surface area contributed by atoms with Gasteiger partial charge >= 0.3 is 0 Å². The first-order valence-electron chi connectivity index (χ1n) is 7.62. The predicted octanol–water partition coefficient (Wildman–Crippen LogP) is 1.75. The zero-order valence-corrected chi connectivity index (χ0v) is 13.9. The Morgan fingerprint density at radius 3 is 3.22 bits per heavy atom. The number of ether oxygens (including phenoxy) is 1. The van der Waals surface area contributed by atoms with Crippen molar-refractivity contribution in [3.8, 4) is 0 Å². The van der Waals surface area contributed by atoms with E-state index in [1.54, 1.807) is 17.5 Å². The molecule has 1 aliphatic heterocycles. The quantitative estimate of drug-likeness (QED) is 0.903. The standard InChI is InChI=1S/C16H20N4O2S/c1-12(21)18-8-14-2-4-17-16(19-14)15-10-20(5-6-22-15)9-13-3-7-23-11-13/h2-4,7,11,15H,5-6,8-10H2,1H3,(H,18,21)/t15-/m0/s1. The number of carbonyl (C=O) groups is 1. The molecule has 0 radical (unpaired) electrons. The van der Waals surface area contributed by atoms with Gasteiger partial charge in [-0.15, -0.1) is 0 Å². The third-order valence-electron chi connectivity index (χ3n) is 3.68. The van der Waals surface area contributed by atoms with Crippen molar-refractivity contribution in [3.63, 3.8) is 0 Å². The molecular formula is C16H20N4O2S. The Morgan fingerprint density at radius 2 is 2.43 bits per heavy atom. The lowest BCUT2D eigenvalue weighted by atomic mass is 10.2. The molecule has 1 aliphatic rings. The number of rotatable bonds is 5. The average molecular weight is 332 g/mol. The van der Waals surface area contributed by atoms with Crippen LogP contribution in [0.5, 0.6) is 0 Å². The second-order valence-corrected chi connectivity index (χ2v) is 6.32. The molecule has 1 saturated heterocycles. The Bertz CT molecular complexity index is 647. The highest BCUT2D eigenvalue weighted by Gasteiger charge is 2.24. The fraction of sp³-hybridized carbons (Fsp3) is 0.438. The summed E-state index contributed by atoms with van der Waals surface area (Å²) in [5.74, 6) is 0.615. The topological polar surface area (TPSA) is 67.4 Å². The first-order chi connectivity index (χ1) is 11.2. The van der Waals surface area contributed by atoms with Crippen LogP contribution in [-0.2, 0) is 22.6 Å². The number of thiophene rings is 1. The molecule has 0 unspecified atom stereocenters. The van der Waals surface area contributed by atoms with Gasteiger partial charge in [-0.25, -0.2) is 9.97 Å². The minimum Gasteiger partial charge on any atom is -0.368 e. The Morgan fingerprint density at radius 1 is 1.52 bits per heavy atom. The van der Waals surface area contributed by atoms with Crippen LogP contribution in [0.3, 0.4) is 0 Å². The number of hydrogen-bond acceptors (Lipinski definition) is 6. The van der Waals surface area contributed by atoms with Crippen LogP contribution in [0.4, 0.5) is 0 Å². The van der Waals surface area contributed by atoms with Gasteiger partial charge in [-0.05, 0) is 28.5 Å². The lowest BCUT2D eigenvalue weighted by molar-refractivity contribution is -0.119. The SMILES string of the molecule is CC(=O)NCc1ccnc([C@@H]2CN(Cc3ccsc3)CCO2)n1. The molecule has 2 aromatic rings. The number of nitrogens with zero attached hydrogens (tertiary/aromatic N) is 3. The van der Waals surface area contributed by atoms with Gasteiger partial charge in [-0.2, -0.15) is 11.3 Å². The maximum Gasteiger partial charge on any atom is 0.217 e. The van der Waals surface area contributed by atoms with Gasteiger partial charge < -0.3 is 10.1 Å². The third-order valence-corrected chi connectivity index (χ3v) is 4.41. The summed E-state index contributed by atoms with van der Waals surface area (Å²) in [4.78, 5) is 22.2. The molecule has 0 bridgehead atoms.